The summed E-state index contributed by atoms with van der Waals surface area (Å²) in [4.78, 5) is 3.95. The fraction of sp³-hybridized carbons (Fsp3) is 0.0769. The Morgan fingerprint density at radius 3 is 2.94 bits per heavy atom. The number of pyridine rings is 1. The number of nitrogens with zero attached hydrogens (tertiary/aromatic N) is 2. The summed E-state index contributed by atoms with van der Waals surface area (Å²) >= 11 is 5.80. The van der Waals surface area contributed by atoms with Gasteiger partial charge in [0.25, 0.3) is 0 Å². The largest absolute Gasteiger partial charge is 0.457 e. The molecule has 0 unspecified atom stereocenters. The molecule has 0 bridgehead atoms. The number of benzene rings is 1. The van der Waals surface area contributed by atoms with E-state index in [0.29, 0.717) is 22.2 Å². The summed E-state index contributed by atoms with van der Waals surface area (Å²) in [7, 11) is 0. The highest BCUT2D eigenvalue weighted by molar-refractivity contribution is 6.29. The molecule has 2 rings (SSSR count). The van der Waals surface area contributed by atoms with E-state index in [1.807, 2.05) is 6.92 Å². The van der Waals surface area contributed by atoms with Gasteiger partial charge in [0, 0.05) is 17.8 Å². The van der Waals surface area contributed by atoms with Crippen LogP contribution in [0.25, 0.3) is 0 Å². The van der Waals surface area contributed by atoms with Gasteiger partial charge in [-0.15, -0.1) is 0 Å². The lowest BCUT2D eigenvalue weighted by molar-refractivity contribution is 0.478. The van der Waals surface area contributed by atoms with Gasteiger partial charge < -0.3 is 4.74 Å². The maximum Gasteiger partial charge on any atom is 0.134 e. The van der Waals surface area contributed by atoms with E-state index < -0.39 is 0 Å². The van der Waals surface area contributed by atoms with E-state index >= 15 is 0 Å². The zero-order chi connectivity index (χ0) is 12.3. The van der Waals surface area contributed by atoms with E-state index in [-0.39, 0.29) is 0 Å². The summed E-state index contributed by atoms with van der Waals surface area (Å²) in [5, 5.41) is 9.17. The van der Waals surface area contributed by atoms with E-state index in [1.165, 1.54) is 0 Å². The second-order valence-electron chi connectivity index (χ2n) is 3.51. The van der Waals surface area contributed by atoms with Crippen LogP contribution in [-0.2, 0) is 0 Å². The topological polar surface area (TPSA) is 45.9 Å². The molecule has 0 saturated heterocycles. The Bertz CT molecular complexity index is 590. The number of halogens is 1. The predicted molar refractivity (Wildman–Crippen MR) is 65.2 cm³/mol. The smallest absolute Gasteiger partial charge is 0.134 e. The Morgan fingerprint density at radius 1 is 1.35 bits per heavy atom. The molecule has 17 heavy (non-hydrogen) atoms. The van der Waals surface area contributed by atoms with Crippen LogP contribution < -0.4 is 4.74 Å². The summed E-state index contributed by atoms with van der Waals surface area (Å²) in [6.45, 7) is 1.88. The highest BCUT2D eigenvalue weighted by atomic mass is 35.5. The van der Waals surface area contributed by atoms with E-state index in [0.717, 1.165) is 5.56 Å². The number of nitriles is 1. The molecule has 3 nitrogen and oxygen atoms in total. The number of rotatable bonds is 2. The molecular weight excluding hydrogens is 236 g/mol. The van der Waals surface area contributed by atoms with Crippen LogP contribution >= 0.6 is 11.6 Å². The van der Waals surface area contributed by atoms with E-state index in [2.05, 4.69) is 11.1 Å². The van der Waals surface area contributed by atoms with E-state index in [4.69, 9.17) is 21.6 Å². The van der Waals surface area contributed by atoms with Gasteiger partial charge in [0.05, 0.1) is 11.6 Å². The second kappa shape index (κ2) is 4.86. The van der Waals surface area contributed by atoms with Crippen LogP contribution in [0.4, 0.5) is 0 Å². The molecule has 0 saturated carbocycles. The molecule has 0 N–H and O–H groups in total. The number of aryl methyl sites for hydroxylation is 1. The van der Waals surface area contributed by atoms with Crippen molar-refractivity contribution in [1.29, 1.82) is 5.26 Å². The van der Waals surface area contributed by atoms with Gasteiger partial charge in [-0.25, -0.2) is 4.98 Å². The van der Waals surface area contributed by atoms with Crippen molar-refractivity contribution in [3.05, 3.63) is 52.8 Å². The van der Waals surface area contributed by atoms with Crippen LogP contribution in [-0.4, -0.2) is 4.98 Å². The van der Waals surface area contributed by atoms with Gasteiger partial charge in [0.15, 0.2) is 0 Å². The second-order valence-corrected chi connectivity index (χ2v) is 3.90. The minimum atomic E-state index is 0.377. The zero-order valence-electron chi connectivity index (χ0n) is 9.14. The van der Waals surface area contributed by atoms with Crippen LogP contribution in [0.5, 0.6) is 11.5 Å². The minimum Gasteiger partial charge on any atom is -0.457 e. The summed E-state index contributed by atoms with van der Waals surface area (Å²) in [5.74, 6) is 1.24. The molecule has 1 heterocycles. The maximum absolute atomic E-state index is 8.79. The van der Waals surface area contributed by atoms with E-state index in [9.17, 15) is 0 Å². The minimum absolute atomic E-state index is 0.377. The van der Waals surface area contributed by atoms with Crippen molar-refractivity contribution in [2.24, 2.45) is 0 Å². The van der Waals surface area contributed by atoms with Gasteiger partial charge in [0.1, 0.15) is 16.7 Å². The Morgan fingerprint density at radius 2 is 2.18 bits per heavy atom. The monoisotopic (exact) mass is 244 g/mol. The Hall–Kier alpha value is -2.05. The average Bonchev–Trinajstić information content (AvgIpc) is 2.34. The van der Waals surface area contributed by atoms with Crippen LogP contribution in [0.2, 0.25) is 5.15 Å². The molecule has 0 spiro atoms. The summed E-state index contributed by atoms with van der Waals surface area (Å²) in [6, 6.07) is 10.7. The first-order chi connectivity index (χ1) is 8.19. The van der Waals surface area contributed by atoms with Crippen molar-refractivity contribution in [3.63, 3.8) is 0 Å². The van der Waals surface area contributed by atoms with Gasteiger partial charge in [-0.05, 0) is 25.1 Å². The van der Waals surface area contributed by atoms with Crippen molar-refractivity contribution >= 4 is 11.6 Å². The van der Waals surface area contributed by atoms with Crippen LogP contribution in [0.1, 0.15) is 11.1 Å². The normalized spacial score (nSPS) is 9.71. The molecule has 0 aliphatic rings. The fourth-order valence-electron chi connectivity index (χ4n) is 1.35. The summed E-state index contributed by atoms with van der Waals surface area (Å²) in [6.07, 6.45) is 1.64. The number of aromatic nitrogens is 1. The molecule has 1 aromatic heterocycles. The first-order valence-electron chi connectivity index (χ1n) is 4.99. The van der Waals surface area contributed by atoms with Crippen LogP contribution in [0.3, 0.4) is 0 Å². The lowest BCUT2D eigenvalue weighted by atomic mass is 10.2. The van der Waals surface area contributed by atoms with Crippen LogP contribution in [0, 0.1) is 18.3 Å². The third kappa shape index (κ3) is 2.74. The van der Waals surface area contributed by atoms with Gasteiger partial charge in [-0.1, -0.05) is 17.7 Å². The average molecular weight is 245 g/mol. The van der Waals surface area contributed by atoms with Gasteiger partial charge in [-0.3, -0.25) is 0 Å². The lowest BCUT2D eigenvalue weighted by Crippen LogP contribution is -1.89. The predicted octanol–water partition coefficient (Wildman–Crippen LogP) is 3.71. The molecule has 0 aliphatic carbocycles. The first kappa shape index (κ1) is 11.4. The number of ether oxygens (including phenoxy) is 1. The molecule has 0 amide bonds. The first-order valence-corrected chi connectivity index (χ1v) is 5.37. The Kier molecular flexibility index (Phi) is 3.27. The number of hydrogen-bond donors (Lipinski definition) is 0. The lowest BCUT2D eigenvalue weighted by Gasteiger charge is -2.08. The fourth-order valence-corrected chi connectivity index (χ4v) is 1.50. The molecule has 0 aliphatic heterocycles. The van der Waals surface area contributed by atoms with Gasteiger partial charge >= 0.3 is 0 Å². The number of hydrogen-bond acceptors (Lipinski definition) is 3. The molecule has 0 atom stereocenters. The Labute approximate surface area is 104 Å². The van der Waals surface area contributed by atoms with Gasteiger partial charge in [0.2, 0.25) is 0 Å². The molecule has 0 radical (unpaired) electrons. The van der Waals surface area contributed by atoms with E-state index in [1.54, 1.807) is 36.5 Å². The Balaban J connectivity index is 2.31. The summed E-state index contributed by atoms with van der Waals surface area (Å²) in [5.41, 5.74) is 1.44. The molecular formula is C13H9ClN2O. The van der Waals surface area contributed by atoms with Crippen LogP contribution in [0.15, 0.2) is 36.5 Å². The van der Waals surface area contributed by atoms with Gasteiger partial charge in [-0.2, -0.15) is 5.26 Å². The quantitative estimate of drug-likeness (QED) is 0.757. The SMILES string of the molecule is Cc1cnc(Cl)cc1Oc1cccc(C#N)c1. The third-order valence-corrected chi connectivity index (χ3v) is 2.42. The van der Waals surface area contributed by atoms with Crippen molar-refractivity contribution in [2.45, 2.75) is 6.92 Å². The standard InChI is InChI=1S/C13H9ClN2O/c1-9-8-16-13(14)6-12(9)17-11-4-2-3-10(5-11)7-15/h2-6,8H,1H3. The van der Waals surface area contributed by atoms with Crippen molar-refractivity contribution < 1.29 is 4.74 Å². The zero-order valence-corrected chi connectivity index (χ0v) is 9.90. The highest BCUT2D eigenvalue weighted by Gasteiger charge is 2.04. The highest BCUT2D eigenvalue weighted by Crippen LogP contribution is 2.26. The van der Waals surface area contributed by atoms with Crippen molar-refractivity contribution in [3.8, 4) is 17.6 Å². The van der Waals surface area contributed by atoms with Crippen molar-refractivity contribution in [1.82, 2.24) is 4.98 Å². The molecule has 84 valence electrons. The van der Waals surface area contributed by atoms with Crippen molar-refractivity contribution in [2.75, 3.05) is 0 Å². The third-order valence-electron chi connectivity index (χ3n) is 2.21. The maximum atomic E-state index is 8.79. The molecule has 1 aromatic carbocycles. The molecule has 0 fully saturated rings. The molecule has 2 aromatic rings. The molecule has 4 heteroatoms. The summed E-state index contributed by atoms with van der Waals surface area (Å²) < 4.78 is 5.66.